The van der Waals surface area contributed by atoms with E-state index in [2.05, 4.69) is 16.1 Å². The maximum absolute atomic E-state index is 12.0. The Morgan fingerprint density at radius 1 is 1.00 bits per heavy atom. The van der Waals surface area contributed by atoms with Gasteiger partial charge in [-0.3, -0.25) is 4.79 Å². The molecule has 5 nitrogen and oxygen atoms in total. The van der Waals surface area contributed by atoms with E-state index in [9.17, 15) is 13.2 Å². The Morgan fingerprint density at radius 3 is 2.32 bits per heavy atom. The molecule has 0 aliphatic carbocycles. The molecule has 2 N–H and O–H groups in total. The van der Waals surface area contributed by atoms with E-state index in [1.807, 2.05) is 37.3 Å². The van der Waals surface area contributed by atoms with Gasteiger partial charge in [0.15, 0.2) is 0 Å². The minimum atomic E-state index is -3.27. The summed E-state index contributed by atoms with van der Waals surface area (Å²) < 4.78 is 25.3. The Hall–Kier alpha value is -2.18. The number of benzene rings is 2. The summed E-state index contributed by atoms with van der Waals surface area (Å²) in [5.74, 6) is -0.0459. The molecule has 0 bridgehead atoms. The number of carbonyl (C=O) groups excluding carboxylic acids is 1. The third kappa shape index (κ3) is 6.68. The van der Waals surface area contributed by atoms with E-state index < -0.39 is 10.0 Å². The van der Waals surface area contributed by atoms with Crippen molar-refractivity contribution in [2.24, 2.45) is 0 Å². The molecule has 25 heavy (non-hydrogen) atoms. The molecule has 134 valence electrons. The van der Waals surface area contributed by atoms with Crippen molar-refractivity contribution in [3.05, 3.63) is 70.8 Å². The van der Waals surface area contributed by atoms with Gasteiger partial charge in [0.05, 0.1) is 5.75 Å². The molecule has 0 aliphatic heterocycles. The molecule has 0 radical (unpaired) electrons. The Bertz CT molecular complexity index is 815. The van der Waals surface area contributed by atoms with Gasteiger partial charge in [0, 0.05) is 13.0 Å². The molecule has 0 saturated heterocycles. The first-order chi connectivity index (χ1) is 11.9. The van der Waals surface area contributed by atoms with Crippen molar-refractivity contribution in [1.82, 2.24) is 10.0 Å². The molecule has 0 fully saturated rings. The smallest absolute Gasteiger partial charge is 0.220 e. The number of hydrogen-bond donors (Lipinski definition) is 2. The van der Waals surface area contributed by atoms with E-state index in [0.29, 0.717) is 24.9 Å². The van der Waals surface area contributed by atoms with Crippen molar-refractivity contribution in [1.29, 1.82) is 0 Å². The summed E-state index contributed by atoms with van der Waals surface area (Å²) in [5.41, 5.74) is 4.00. The molecular formula is C19H24N2O3S. The molecule has 2 aromatic carbocycles. The average Bonchev–Trinajstić information content (AvgIpc) is 2.59. The molecule has 0 unspecified atom stereocenters. The fourth-order valence-corrected chi connectivity index (χ4v) is 3.24. The van der Waals surface area contributed by atoms with Gasteiger partial charge in [-0.05, 0) is 37.1 Å². The lowest BCUT2D eigenvalue weighted by atomic mass is 10.1. The number of nitrogens with one attached hydrogen (secondary N) is 2. The second kappa shape index (κ2) is 8.78. The van der Waals surface area contributed by atoms with Gasteiger partial charge in [0.1, 0.15) is 0 Å². The fourth-order valence-electron chi connectivity index (χ4n) is 2.46. The van der Waals surface area contributed by atoms with Crippen LogP contribution in [0.1, 0.15) is 28.7 Å². The minimum absolute atomic E-state index is 0.00310. The normalized spacial score (nSPS) is 11.3. The molecular weight excluding hydrogens is 336 g/mol. The van der Waals surface area contributed by atoms with Crippen LogP contribution in [0.2, 0.25) is 0 Å². The molecule has 0 atom stereocenters. The summed E-state index contributed by atoms with van der Waals surface area (Å²) in [5, 5.41) is 2.89. The highest BCUT2D eigenvalue weighted by Crippen LogP contribution is 2.09. The number of rotatable bonds is 8. The van der Waals surface area contributed by atoms with E-state index in [-0.39, 0.29) is 11.7 Å². The van der Waals surface area contributed by atoms with Crippen LogP contribution in [0.15, 0.2) is 48.5 Å². The molecule has 6 heteroatoms. The van der Waals surface area contributed by atoms with E-state index in [1.165, 1.54) is 12.6 Å². The van der Waals surface area contributed by atoms with Gasteiger partial charge < -0.3 is 5.32 Å². The predicted molar refractivity (Wildman–Crippen MR) is 99.5 cm³/mol. The largest absolute Gasteiger partial charge is 0.352 e. The second-order valence-corrected chi connectivity index (χ2v) is 7.97. The van der Waals surface area contributed by atoms with Gasteiger partial charge >= 0.3 is 0 Å². The maximum Gasteiger partial charge on any atom is 0.220 e. The zero-order chi connectivity index (χ0) is 18.3. The summed E-state index contributed by atoms with van der Waals surface area (Å²) in [6.07, 6.45) is 1.16. The van der Waals surface area contributed by atoms with Crippen LogP contribution in [0, 0.1) is 6.92 Å². The Kier molecular flexibility index (Phi) is 6.73. The average molecular weight is 360 g/mol. The molecule has 2 rings (SSSR count). The van der Waals surface area contributed by atoms with Crippen LogP contribution in [0.25, 0.3) is 0 Å². The molecule has 0 spiro atoms. The summed E-state index contributed by atoms with van der Waals surface area (Å²) in [4.78, 5) is 12.0. The third-order valence-electron chi connectivity index (χ3n) is 3.90. The van der Waals surface area contributed by atoms with Crippen LogP contribution in [-0.4, -0.2) is 21.4 Å². The number of carbonyl (C=O) groups is 1. The summed E-state index contributed by atoms with van der Waals surface area (Å²) in [6, 6.07) is 15.4. The molecule has 0 aliphatic rings. The van der Waals surface area contributed by atoms with E-state index in [0.717, 1.165) is 11.1 Å². The Labute approximate surface area is 149 Å². The van der Waals surface area contributed by atoms with Crippen molar-refractivity contribution in [3.8, 4) is 0 Å². The van der Waals surface area contributed by atoms with Crippen LogP contribution in [0.4, 0.5) is 0 Å². The summed E-state index contributed by atoms with van der Waals surface area (Å²) in [7, 11) is -1.87. The first-order valence-corrected chi connectivity index (χ1v) is 9.84. The van der Waals surface area contributed by atoms with Gasteiger partial charge in [-0.15, -0.1) is 0 Å². The van der Waals surface area contributed by atoms with Crippen LogP contribution in [0.5, 0.6) is 0 Å². The Balaban J connectivity index is 1.79. The monoisotopic (exact) mass is 360 g/mol. The number of sulfonamides is 1. The second-order valence-electron chi connectivity index (χ2n) is 6.05. The van der Waals surface area contributed by atoms with Crippen molar-refractivity contribution >= 4 is 15.9 Å². The zero-order valence-corrected chi connectivity index (χ0v) is 15.4. The van der Waals surface area contributed by atoms with Crippen LogP contribution in [0.3, 0.4) is 0 Å². The first-order valence-electron chi connectivity index (χ1n) is 8.19. The van der Waals surface area contributed by atoms with Gasteiger partial charge in [-0.25, -0.2) is 13.1 Å². The highest BCUT2D eigenvalue weighted by Gasteiger charge is 2.08. The fraction of sp³-hybridized carbons (Fsp3) is 0.316. The number of hydrogen-bond acceptors (Lipinski definition) is 3. The first kappa shape index (κ1) is 19.1. The van der Waals surface area contributed by atoms with Crippen LogP contribution in [-0.2, 0) is 33.5 Å². The summed E-state index contributed by atoms with van der Waals surface area (Å²) in [6.45, 7) is 2.47. The van der Waals surface area contributed by atoms with E-state index in [4.69, 9.17) is 0 Å². The van der Waals surface area contributed by atoms with Gasteiger partial charge in [0.25, 0.3) is 0 Å². The lowest BCUT2D eigenvalue weighted by Gasteiger charge is -2.07. The highest BCUT2D eigenvalue weighted by molar-refractivity contribution is 7.88. The van der Waals surface area contributed by atoms with Crippen LogP contribution < -0.4 is 10.0 Å². The van der Waals surface area contributed by atoms with E-state index >= 15 is 0 Å². The van der Waals surface area contributed by atoms with Crippen molar-refractivity contribution in [2.45, 2.75) is 32.1 Å². The molecule has 2 aromatic rings. The standard InChI is InChI=1S/C19H24N2O3S/c1-15-4-3-5-16(12-15)10-11-19(22)21-13-17-6-8-18(9-7-17)14-25(23,24)20-2/h3-9,12,20H,10-11,13-14H2,1-2H3,(H,21,22). The summed E-state index contributed by atoms with van der Waals surface area (Å²) >= 11 is 0. The zero-order valence-electron chi connectivity index (χ0n) is 14.6. The lowest BCUT2D eigenvalue weighted by molar-refractivity contribution is -0.121. The predicted octanol–water partition coefficient (Wildman–Crippen LogP) is 2.29. The quantitative estimate of drug-likeness (QED) is 0.758. The van der Waals surface area contributed by atoms with Crippen molar-refractivity contribution in [3.63, 3.8) is 0 Å². The number of amides is 1. The molecule has 0 heterocycles. The van der Waals surface area contributed by atoms with E-state index in [1.54, 1.807) is 12.1 Å². The van der Waals surface area contributed by atoms with Gasteiger partial charge in [0.2, 0.25) is 15.9 Å². The van der Waals surface area contributed by atoms with Gasteiger partial charge in [-0.2, -0.15) is 0 Å². The minimum Gasteiger partial charge on any atom is -0.352 e. The SMILES string of the molecule is CNS(=O)(=O)Cc1ccc(CNC(=O)CCc2cccc(C)c2)cc1. The van der Waals surface area contributed by atoms with Crippen LogP contribution >= 0.6 is 0 Å². The highest BCUT2D eigenvalue weighted by atomic mass is 32.2. The number of aryl methyl sites for hydroxylation is 2. The molecule has 1 amide bonds. The van der Waals surface area contributed by atoms with Crippen molar-refractivity contribution in [2.75, 3.05) is 7.05 Å². The lowest BCUT2D eigenvalue weighted by Crippen LogP contribution is -2.23. The Morgan fingerprint density at radius 2 is 1.68 bits per heavy atom. The molecule has 0 aromatic heterocycles. The maximum atomic E-state index is 12.0. The third-order valence-corrected chi connectivity index (χ3v) is 5.24. The van der Waals surface area contributed by atoms with Crippen molar-refractivity contribution < 1.29 is 13.2 Å². The molecule has 0 saturated carbocycles. The van der Waals surface area contributed by atoms with Gasteiger partial charge in [-0.1, -0.05) is 54.1 Å². The topological polar surface area (TPSA) is 75.3 Å².